The van der Waals surface area contributed by atoms with E-state index in [-0.39, 0.29) is 11.6 Å². The fourth-order valence-corrected chi connectivity index (χ4v) is 2.04. The van der Waals surface area contributed by atoms with Crippen LogP contribution in [0.25, 0.3) is 0 Å². The van der Waals surface area contributed by atoms with E-state index in [2.05, 4.69) is 18.7 Å². The van der Waals surface area contributed by atoms with Gasteiger partial charge in [-0.1, -0.05) is 0 Å². The molecule has 1 saturated heterocycles. The maximum absolute atomic E-state index is 5.77. The van der Waals surface area contributed by atoms with Crippen molar-refractivity contribution in [1.82, 2.24) is 4.90 Å². The molecule has 1 aliphatic heterocycles. The van der Waals surface area contributed by atoms with Gasteiger partial charge >= 0.3 is 0 Å². The Bertz CT molecular complexity index is 161. The monoisotopic (exact) mass is 186 g/mol. The van der Waals surface area contributed by atoms with E-state index in [1.807, 2.05) is 0 Å². The summed E-state index contributed by atoms with van der Waals surface area (Å²) in [5, 5.41) is 0. The van der Waals surface area contributed by atoms with Gasteiger partial charge in [0.05, 0.1) is 5.60 Å². The maximum atomic E-state index is 5.77. The van der Waals surface area contributed by atoms with Crippen LogP contribution in [0.1, 0.15) is 26.7 Å². The van der Waals surface area contributed by atoms with Crippen molar-refractivity contribution < 1.29 is 4.74 Å². The summed E-state index contributed by atoms with van der Waals surface area (Å²) in [6, 6.07) is 0.263. The topological polar surface area (TPSA) is 38.5 Å². The fraction of sp³-hybridized carbons (Fsp3) is 1.00. The molecule has 1 unspecified atom stereocenters. The zero-order valence-electron chi connectivity index (χ0n) is 9.05. The summed E-state index contributed by atoms with van der Waals surface area (Å²) in [5.41, 5.74) is 5.82. The van der Waals surface area contributed by atoms with E-state index >= 15 is 0 Å². The SMILES string of the molecule is COC1(C)CCCN(C[C@H](C)N)C1. The highest BCUT2D eigenvalue weighted by molar-refractivity contribution is 4.85. The van der Waals surface area contributed by atoms with E-state index in [1.54, 1.807) is 7.11 Å². The Morgan fingerprint density at radius 1 is 1.62 bits per heavy atom. The average Bonchev–Trinajstić information content (AvgIpc) is 2.03. The molecule has 0 saturated carbocycles. The number of piperidine rings is 1. The van der Waals surface area contributed by atoms with E-state index in [0.717, 1.165) is 13.1 Å². The molecule has 0 amide bonds. The molecule has 0 aliphatic carbocycles. The number of nitrogens with zero attached hydrogens (tertiary/aromatic N) is 1. The van der Waals surface area contributed by atoms with Crippen LogP contribution in [0.2, 0.25) is 0 Å². The number of hydrogen-bond acceptors (Lipinski definition) is 3. The minimum absolute atomic E-state index is 0.0488. The van der Waals surface area contributed by atoms with Crippen molar-refractivity contribution >= 4 is 0 Å². The quantitative estimate of drug-likeness (QED) is 0.709. The van der Waals surface area contributed by atoms with Gasteiger partial charge < -0.3 is 10.5 Å². The largest absolute Gasteiger partial charge is 0.377 e. The molecule has 0 spiro atoms. The third kappa shape index (κ3) is 3.25. The lowest BCUT2D eigenvalue weighted by atomic mass is 9.94. The minimum atomic E-state index is 0.0488. The van der Waals surface area contributed by atoms with Crippen molar-refractivity contribution in [1.29, 1.82) is 0 Å². The van der Waals surface area contributed by atoms with Crippen molar-refractivity contribution in [2.24, 2.45) is 5.73 Å². The molecule has 1 rings (SSSR count). The first-order valence-corrected chi connectivity index (χ1v) is 5.09. The van der Waals surface area contributed by atoms with Crippen molar-refractivity contribution in [3.05, 3.63) is 0 Å². The Morgan fingerprint density at radius 3 is 2.85 bits per heavy atom. The van der Waals surface area contributed by atoms with Gasteiger partial charge in [-0.25, -0.2) is 0 Å². The number of ether oxygens (including phenoxy) is 1. The highest BCUT2D eigenvalue weighted by Crippen LogP contribution is 2.23. The van der Waals surface area contributed by atoms with E-state index < -0.39 is 0 Å². The number of methoxy groups -OCH3 is 1. The zero-order valence-corrected chi connectivity index (χ0v) is 9.05. The molecule has 0 aromatic carbocycles. The first-order valence-electron chi connectivity index (χ1n) is 5.09. The van der Waals surface area contributed by atoms with Crippen LogP contribution in [-0.2, 0) is 4.74 Å². The van der Waals surface area contributed by atoms with Gasteiger partial charge in [-0.15, -0.1) is 0 Å². The summed E-state index contributed by atoms with van der Waals surface area (Å²) in [7, 11) is 1.80. The van der Waals surface area contributed by atoms with Crippen LogP contribution >= 0.6 is 0 Å². The Morgan fingerprint density at radius 2 is 2.31 bits per heavy atom. The highest BCUT2D eigenvalue weighted by Gasteiger charge is 2.30. The van der Waals surface area contributed by atoms with Gasteiger partial charge in [0.2, 0.25) is 0 Å². The van der Waals surface area contributed by atoms with E-state index in [1.165, 1.54) is 19.4 Å². The highest BCUT2D eigenvalue weighted by atomic mass is 16.5. The molecular weight excluding hydrogens is 164 g/mol. The molecule has 0 bridgehead atoms. The summed E-state index contributed by atoms with van der Waals surface area (Å²) in [5.74, 6) is 0. The second-order valence-electron chi connectivity index (χ2n) is 4.47. The van der Waals surface area contributed by atoms with E-state index in [0.29, 0.717) is 0 Å². The lowest BCUT2D eigenvalue weighted by molar-refractivity contribution is -0.0513. The van der Waals surface area contributed by atoms with Crippen molar-refractivity contribution in [2.75, 3.05) is 26.7 Å². The fourth-order valence-electron chi connectivity index (χ4n) is 2.04. The minimum Gasteiger partial charge on any atom is -0.377 e. The summed E-state index contributed by atoms with van der Waals surface area (Å²) < 4.78 is 5.51. The molecule has 1 aliphatic rings. The van der Waals surface area contributed by atoms with Crippen molar-refractivity contribution in [3.8, 4) is 0 Å². The summed E-state index contributed by atoms with van der Waals surface area (Å²) >= 11 is 0. The molecule has 1 heterocycles. The third-order valence-corrected chi connectivity index (χ3v) is 2.78. The van der Waals surface area contributed by atoms with Gasteiger partial charge in [0.15, 0.2) is 0 Å². The number of nitrogens with two attached hydrogens (primary N) is 1. The Balaban J connectivity index is 2.42. The molecular formula is C10H22N2O. The average molecular weight is 186 g/mol. The normalized spacial score (nSPS) is 33.2. The predicted molar refractivity (Wildman–Crippen MR) is 54.7 cm³/mol. The van der Waals surface area contributed by atoms with Gasteiger partial charge in [0.25, 0.3) is 0 Å². The molecule has 1 fully saturated rings. The van der Waals surface area contributed by atoms with Crippen LogP contribution < -0.4 is 5.73 Å². The molecule has 3 nitrogen and oxygen atoms in total. The number of likely N-dealkylation sites (tertiary alicyclic amines) is 1. The summed E-state index contributed by atoms with van der Waals surface area (Å²) in [6.07, 6.45) is 2.38. The number of hydrogen-bond donors (Lipinski definition) is 1. The molecule has 0 radical (unpaired) electrons. The Hall–Kier alpha value is -0.120. The van der Waals surface area contributed by atoms with Crippen molar-refractivity contribution in [3.63, 3.8) is 0 Å². The second kappa shape index (κ2) is 4.40. The van der Waals surface area contributed by atoms with Gasteiger partial charge in [0, 0.05) is 26.2 Å². The molecule has 78 valence electrons. The molecule has 2 atom stereocenters. The number of rotatable bonds is 3. The van der Waals surface area contributed by atoms with Crippen LogP contribution in [0.3, 0.4) is 0 Å². The van der Waals surface area contributed by atoms with E-state index in [4.69, 9.17) is 10.5 Å². The maximum Gasteiger partial charge on any atom is 0.0777 e. The predicted octanol–water partition coefficient (Wildman–Crippen LogP) is 0.834. The first kappa shape index (κ1) is 11.0. The van der Waals surface area contributed by atoms with Gasteiger partial charge in [0.1, 0.15) is 0 Å². The van der Waals surface area contributed by atoms with Crippen LogP contribution in [0.15, 0.2) is 0 Å². The van der Waals surface area contributed by atoms with Gasteiger partial charge in [-0.3, -0.25) is 4.90 Å². The lowest BCUT2D eigenvalue weighted by Crippen LogP contribution is -2.50. The first-order chi connectivity index (χ1) is 6.06. The van der Waals surface area contributed by atoms with Crippen LogP contribution in [-0.4, -0.2) is 43.3 Å². The van der Waals surface area contributed by atoms with Gasteiger partial charge in [-0.05, 0) is 33.2 Å². The smallest absolute Gasteiger partial charge is 0.0777 e. The lowest BCUT2D eigenvalue weighted by Gasteiger charge is -2.40. The standard InChI is InChI=1S/C10H22N2O/c1-9(11)7-12-6-4-5-10(2,8-12)13-3/h9H,4-8,11H2,1-3H3/t9-,10?/m0/s1. The molecule has 2 N–H and O–H groups in total. The van der Waals surface area contributed by atoms with Crippen LogP contribution in [0.5, 0.6) is 0 Å². The Labute approximate surface area is 81.2 Å². The van der Waals surface area contributed by atoms with Gasteiger partial charge in [-0.2, -0.15) is 0 Å². The second-order valence-corrected chi connectivity index (χ2v) is 4.47. The van der Waals surface area contributed by atoms with E-state index in [9.17, 15) is 0 Å². The summed E-state index contributed by atoms with van der Waals surface area (Å²) in [6.45, 7) is 7.41. The van der Waals surface area contributed by atoms with Crippen molar-refractivity contribution in [2.45, 2.75) is 38.3 Å². The molecule has 13 heavy (non-hydrogen) atoms. The molecule has 3 heteroatoms. The third-order valence-electron chi connectivity index (χ3n) is 2.78. The summed E-state index contributed by atoms with van der Waals surface area (Å²) in [4.78, 5) is 2.40. The van der Waals surface area contributed by atoms with Crippen LogP contribution in [0.4, 0.5) is 0 Å². The Kier molecular flexibility index (Phi) is 3.71. The van der Waals surface area contributed by atoms with Crippen LogP contribution in [0, 0.1) is 0 Å². The molecule has 0 aromatic rings. The zero-order chi connectivity index (χ0) is 9.90. The molecule has 0 aromatic heterocycles.